The minimum atomic E-state index is -0.461. The molecule has 1 aromatic heterocycles. The molecule has 552 valence electrons. The first kappa shape index (κ1) is 78.7. The number of rotatable bonds is 16. The Morgan fingerprint density at radius 2 is 0.860 bits per heavy atom. The summed E-state index contributed by atoms with van der Waals surface area (Å²) in [7, 11) is 0. The van der Waals surface area contributed by atoms with Crippen molar-refractivity contribution < 1.29 is 101 Å². The molecular weight excluding hydrogens is 1300 g/mol. The van der Waals surface area contributed by atoms with E-state index in [-0.39, 0.29) is 129 Å². The molecule has 0 radical (unpaired) electrons. The van der Waals surface area contributed by atoms with Gasteiger partial charge in [-0.25, -0.2) is 9.59 Å². The van der Waals surface area contributed by atoms with Gasteiger partial charge < -0.3 is 65.3 Å². The van der Waals surface area contributed by atoms with Crippen LogP contribution in [0.25, 0.3) is 0 Å². The normalized spacial score (nSPS) is 30.8. The van der Waals surface area contributed by atoms with Crippen LogP contribution < -0.4 is 32.3 Å². The van der Waals surface area contributed by atoms with Gasteiger partial charge in [0.2, 0.25) is 31.0 Å². The van der Waals surface area contributed by atoms with Crippen molar-refractivity contribution in [2.75, 3.05) is 26.2 Å². The molecule has 7 N–H and O–H groups in total. The van der Waals surface area contributed by atoms with Crippen molar-refractivity contribution in [3.63, 3.8) is 0 Å². The first-order valence-electron chi connectivity index (χ1n) is 34.7. The maximum atomic E-state index is 12.7. The van der Waals surface area contributed by atoms with Crippen molar-refractivity contribution in [1.29, 1.82) is 0 Å². The minimum Gasteiger partial charge on any atom is -0.473 e. The van der Waals surface area contributed by atoms with E-state index in [1.54, 1.807) is 12.5 Å². The van der Waals surface area contributed by atoms with E-state index >= 15 is 0 Å². The average molecular weight is 1410 g/mol. The molecule has 4 saturated carbocycles. The summed E-state index contributed by atoms with van der Waals surface area (Å²) in [5.74, 6) is -1.47. The lowest BCUT2D eigenvalue weighted by molar-refractivity contribution is -0.188. The largest absolute Gasteiger partial charge is 0.473 e. The van der Waals surface area contributed by atoms with E-state index in [2.05, 4.69) is 40.6 Å². The number of likely N-dealkylation sites (tertiary alicyclic amines) is 1. The maximum Gasteiger partial charge on any atom is 0.407 e. The third kappa shape index (κ3) is 22.7. The van der Waals surface area contributed by atoms with E-state index in [1.165, 1.54) is 22.0 Å². The summed E-state index contributed by atoms with van der Waals surface area (Å²) >= 11 is 0. The number of nitrogens with two attached hydrogens (primary N) is 1. The summed E-state index contributed by atoms with van der Waals surface area (Å²) in [5, 5.41) is 14.4. The van der Waals surface area contributed by atoms with Crippen LogP contribution in [0.3, 0.4) is 0 Å². The van der Waals surface area contributed by atoms with Crippen molar-refractivity contribution in [2.24, 2.45) is 53.1 Å². The molecule has 8 atom stereocenters. The predicted molar refractivity (Wildman–Crippen MR) is 356 cm³/mol. The van der Waals surface area contributed by atoms with Gasteiger partial charge in [-0.15, -0.1) is 5.06 Å². The van der Waals surface area contributed by atoms with E-state index in [0.717, 1.165) is 129 Å². The number of nitrogens with zero attached hydrogens (tertiary/aromatic N) is 3. The summed E-state index contributed by atoms with van der Waals surface area (Å²) in [4.78, 5) is 162. The molecule has 30 nitrogen and oxygen atoms in total. The molecule has 30 heteroatoms. The van der Waals surface area contributed by atoms with E-state index in [4.69, 9.17) is 24.7 Å². The Labute approximate surface area is 583 Å². The topological polar surface area (TPSA) is 403 Å². The SMILES string of the molecule is CC(C)(C)OC(=O)NC1CCC(CN)CC1.CC(C)(C)OC(=O)NC1CCC(CNC=O)CC1.O=C1OC(=O)C2C3C=CC(O3)C12.O=CNCC1CCC(N2C(=O)C3C4C=CC(O4)C3C2=O)CC1.O=CNCC1CCC(N2C(=O)C=CC2=O)CC1.O=CON1C(=O)CCC1=O.[2HH].c1ccoc1. The fourth-order valence-electron chi connectivity index (χ4n) is 14.4. The number of hydrogen-bond donors (Lipinski definition) is 6. The third-order valence-electron chi connectivity index (χ3n) is 19.3. The van der Waals surface area contributed by atoms with Gasteiger partial charge in [0.05, 0.1) is 48.8 Å². The number of ether oxygens (including phenoxy) is 5. The Balaban J connectivity index is 0.000000190. The minimum absolute atomic E-state index is 0. The zero-order valence-corrected chi connectivity index (χ0v) is 57.9. The monoisotopic (exact) mass is 1400 g/mol. The van der Waals surface area contributed by atoms with Gasteiger partial charge in [0.1, 0.15) is 23.0 Å². The zero-order valence-electron chi connectivity index (χ0n) is 57.9. The van der Waals surface area contributed by atoms with Gasteiger partial charge >= 0.3 is 30.6 Å². The molecule has 0 aromatic carbocycles. The lowest BCUT2D eigenvalue weighted by Crippen LogP contribution is -2.45. The first-order valence-corrected chi connectivity index (χ1v) is 34.7. The molecule has 1 aromatic rings. The fourth-order valence-corrected chi connectivity index (χ4v) is 14.4. The van der Waals surface area contributed by atoms with Crippen LogP contribution in [0, 0.1) is 47.3 Å². The number of hydrogen-bond acceptors (Lipinski definition) is 22. The summed E-state index contributed by atoms with van der Waals surface area (Å²) < 4.78 is 30.5. The molecule has 5 saturated heterocycles. The number of fused-ring (bicyclic) bond motifs is 10. The lowest BCUT2D eigenvalue weighted by atomic mass is 9.85. The number of imide groups is 3. The summed E-state index contributed by atoms with van der Waals surface area (Å²) in [6.07, 6.45) is 29.7. The number of cyclic esters (lactones) is 2. The fraction of sp³-hybridized carbons (Fsp3) is 0.657. The number of alkyl carbamates (subject to hydrolysis) is 2. The summed E-state index contributed by atoms with van der Waals surface area (Å²) in [6.45, 7) is 14.1. The Kier molecular flexibility index (Phi) is 29.7. The molecule has 0 spiro atoms. The van der Waals surface area contributed by atoms with Gasteiger partial charge in [0, 0.05) is 70.2 Å². The highest BCUT2D eigenvalue weighted by molar-refractivity contribution is 6.13. The molecular formula is C70H101N9O21. The van der Waals surface area contributed by atoms with E-state index in [1.807, 2.05) is 78.0 Å². The number of furan rings is 1. The predicted octanol–water partition coefficient (Wildman–Crippen LogP) is 4.68. The second kappa shape index (κ2) is 37.7. The van der Waals surface area contributed by atoms with Crippen molar-refractivity contribution >= 4 is 85.3 Å². The quantitative estimate of drug-likeness (QED) is 0.0327. The average Bonchev–Trinajstić information content (AvgIpc) is 1.58. The van der Waals surface area contributed by atoms with Crippen LogP contribution in [0.5, 0.6) is 0 Å². The molecule has 9 fully saturated rings. The molecule has 11 amide bonds. The molecule has 8 unspecified atom stereocenters. The van der Waals surface area contributed by atoms with Crippen molar-refractivity contribution in [3.05, 3.63) is 61.1 Å². The number of esters is 2. The van der Waals surface area contributed by atoms with Crippen LogP contribution in [-0.2, 0) is 86.1 Å². The second-order valence-electron chi connectivity index (χ2n) is 28.6. The maximum absolute atomic E-state index is 12.7. The van der Waals surface area contributed by atoms with Gasteiger partial charge in [-0.1, -0.05) is 24.3 Å². The van der Waals surface area contributed by atoms with E-state index in [9.17, 15) is 67.1 Å². The van der Waals surface area contributed by atoms with Crippen LogP contribution in [0.2, 0.25) is 0 Å². The molecule has 9 heterocycles. The van der Waals surface area contributed by atoms with Crippen LogP contribution >= 0.6 is 0 Å². The highest BCUT2D eigenvalue weighted by Crippen LogP contribution is 2.47. The van der Waals surface area contributed by atoms with Crippen LogP contribution in [0.1, 0.15) is 159 Å². The molecule has 12 aliphatic rings. The number of carbonyl (C=O) groups excluding carboxylic acids is 14. The highest BCUT2D eigenvalue weighted by atomic mass is 16.7. The Hall–Kier alpha value is -8.64. The van der Waals surface area contributed by atoms with Gasteiger partial charge in [-0.3, -0.25) is 67.3 Å². The third-order valence-corrected chi connectivity index (χ3v) is 19.3. The Morgan fingerprint density at radius 3 is 1.19 bits per heavy atom. The number of amides is 11. The van der Waals surface area contributed by atoms with Crippen molar-refractivity contribution in [3.8, 4) is 0 Å². The van der Waals surface area contributed by atoms with Gasteiger partial charge in [-0.05, 0) is 187 Å². The molecule has 8 aliphatic heterocycles. The van der Waals surface area contributed by atoms with Crippen LogP contribution in [-0.4, -0.2) is 186 Å². The van der Waals surface area contributed by atoms with Crippen LogP contribution in [0.4, 0.5) is 9.59 Å². The molecule has 4 aliphatic carbocycles. The smallest absolute Gasteiger partial charge is 0.407 e. The number of hydroxylamine groups is 2. The Bertz CT molecular complexity index is 2970. The zero-order chi connectivity index (χ0) is 72.7. The first-order chi connectivity index (χ1) is 47.8. The van der Waals surface area contributed by atoms with Crippen molar-refractivity contribution in [1.82, 2.24) is 41.4 Å². The summed E-state index contributed by atoms with van der Waals surface area (Å²) in [5.41, 5.74) is 4.75. The molecule has 13 rings (SSSR count). The number of carbonyl (C=O) groups is 14. The summed E-state index contributed by atoms with van der Waals surface area (Å²) in [6, 6.07) is 4.19. The highest BCUT2D eigenvalue weighted by Gasteiger charge is 2.62. The molecule has 4 bridgehead atoms. The van der Waals surface area contributed by atoms with Gasteiger partial charge in [-0.2, -0.15) is 0 Å². The lowest BCUT2D eigenvalue weighted by Gasteiger charge is -2.34. The van der Waals surface area contributed by atoms with Gasteiger partial charge in [0.25, 0.3) is 23.6 Å². The van der Waals surface area contributed by atoms with Crippen LogP contribution in [0.15, 0.2) is 65.5 Å². The Morgan fingerprint density at radius 1 is 0.510 bits per heavy atom. The second-order valence-corrected chi connectivity index (χ2v) is 28.6. The molecule has 100 heavy (non-hydrogen) atoms. The van der Waals surface area contributed by atoms with Gasteiger partial charge in [0.15, 0.2) is 0 Å². The standard InChI is InChI=1S/C16H20N2O4.C13H24N2O3.C12H16N2O3.C12H24N2O2.C8H6O4.C5H5NO4.C4H4O.H2/c19-8-17-7-9-1-3-10(4-2-9)18-15(20)13-11-5-6-12(22-11)14(13)16(18)21;1-13(2,3)18-12(17)15-11-6-4-10(5-7-11)8-14-9-16;15-8-13-7-9-1-3-10(4-2-9)14-11(16)5-6-12(14)17;1-12(2,3)16-11(15)14-10-6-4-9(8-13)5-7-10;9-7-5-3-1-2-4(11-3)6(5)8(10)12-7;7-3-10-6-4(8)1-2-5(6)9;1-2-4-5-3-1;/h5-6,8-14H,1-4,7H2,(H,17,19);9-11H,4-8H2,1-3H3,(H,14,16)(H,15,17);5-6,8-10H,1-4,7H2,(H,13,15);9-10H,4-8,13H2,1-3H3,(H,14,15);1-6H;3H,1-2H2;1-4H;1H/i;;;;;;;1+1. The number of nitrogens with one attached hydrogen (secondary N) is 5. The van der Waals surface area contributed by atoms with Crippen molar-refractivity contribution in [2.45, 2.75) is 217 Å². The van der Waals surface area contributed by atoms with E-state index < -0.39 is 35.0 Å². The van der Waals surface area contributed by atoms with E-state index in [0.29, 0.717) is 48.2 Å².